The fraction of sp³-hybridized carbons (Fsp3) is 0.625. The van der Waals surface area contributed by atoms with Crippen molar-refractivity contribution in [3.63, 3.8) is 0 Å². The number of anilines is 1. The molecule has 0 saturated carbocycles. The highest BCUT2D eigenvalue weighted by Gasteiger charge is 2.28. The lowest BCUT2D eigenvalue weighted by Gasteiger charge is -2.36. The van der Waals surface area contributed by atoms with Gasteiger partial charge >= 0.3 is 0 Å². The van der Waals surface area contributed by atoms with Crippen molar-refractivity contribution in [3.8, 4) is 0 Å². The van der Waals surface area contributed by atoms with Crippen LogP contribution >= 0.6 is 11.8 Å². The van der Waals surface area contributed by atoms with Gasteiger partial charge in [-0.15, -0.1) is 0 Å². The largest absolute Gasteiger partial charge is 0.384 e. The predicted octanol–water partition coefficient (Wildman–Crippen LogP) is 3.82. The highest BCUT2D eigenvalue weighted by molar-refractivity contribution is 7.99. The Morgan fingerprint density at radius 2 is 2.16 bits per heavy atom. The standard InChI is InChI=1S/C16H25NOS/c1-16(2)10-14(11-19-12-16)17-15-7-5-4-6-13(15)8-9-18-3/h4-7,14,17H,8-12H2,1-3H3. The number of thioether (sulfide) groups is 1. The molecule has 1 atom stereocenters. The Bertz CT molecular complexity index is 405. The first-order valence-electron chi connectivity index (χ1n) is 7.02. The molecule has 1 aromatic carbocycles. The monoisotopic (exact) mass is 279 g/mol. The van der Waals surface area contributed by atoms with E-state index in [4.69, 9.17) is 4.74 Å². The number of benzene rings is 1. The van der Waals surface area contributed by atoms with Gasteiger partial charge in [-0.25, -0.2) is 0 Å². The van der Waals surface area contributed by atoms with E-state index in [-0.39, 0.29) is 0 Å². The van der Waals surface area contributed by atoms with Gasteiger partial charge in [-0.1, -0.05) is 32.0 Å². The Kier molecular flexibility index (Phi) is 5.17. The van der Waals surface area contributed by atoms with Gasteiger partial charge in [-0.3, -0.25) is 0 Å². The molecule has 2 rings (SSSR count). The molecule has 1 saturated heterocycles. The van der Waals surface area contributed by atoms with Crippen molar-refractivity contribution in [3.05, 3.63) is 29.8 Å². The van der Waals surface area contributed by atoms with Crippen molar-refractivity contribution in [1.29, 1.82) is 0 Å². The molecule has 0 spiro atoms. The molecule has 3 heteroatoms. The third kappa shape index (κ3) is 4.43. The maximum absolute atomic E-state index is 5.19. The van der Waals surface area contributed by atoms with E-state index in [9.17, 15) is 0 Å². The second kappa shape index (κ2) is 6.67. The number of methoxy groups -OCH3 is 1. The van der Waals surface area contributed by atoms with Crippen LogP contribution in [0.15, 0.2) is 24.3 Å². The van der Waals surface area contributed by atoms with Crippen LogP contribution < -0.4 is 5.32 Å². The van der Waals surface area contributed by atoms with E-state index in [0.717, 1.165) is 13.0 Å². The van der Waals surface area contributed by atoms with Crippen LogP contribution in [-0.2, 0) is 11.2 Å². The number of rotatable bonds is 5. The van der Waals surface area contributed by atoms with Gasteiger partial charge in [-0.2, -0.15) is 11.8 Å². The van der Waals surface area contributed by atoms with Crippen molar-refractivity contribution in [2.24, 2.45) is 5.41 Å². The molecule has 0 radical (unpaired) electrons. The van der Waals surface area contributed by atoms with Gasteiger partial charge < -0.3 is 10.1 Å². The summed E-state index contributed by atoms with van der Waals surface area (Å²) in [5.41, 5.74) is 3.09. The molecule has 19 heavy (non-hydrogen) atoms. The van der Waals surface area contributed by atoms with E-state index in [1.807, 2.05) is 0 Å². The fourth-order valence-electron chi connectivity index (χ4n) is 2.67. The van der Waals surface area contributed by atoms with Crippen LogP contribution in [0.5, 0.6) is 0 Å². The molecule has 106 valence electrons. The molecular weight excluding hydrogens is 254 g/mol. The Morgan fingerprint density at radius 3 is 2.89 bits per heavy atom. The average Bonchev–Trinajstić information content (AvgIpc) is 2.36. The Hall–Kier alpha value is -0.670. The topological polar surface area (TPSA) is 21.3 Å². The molecule has 1 aliphatic rings. The van der Waals surface area contributed by atoms with E-state index in [1.54, 1.807) is 7.11 Å². The number of hydrogen-bond donors (Lipinski definition) is 1. The minimum absolute atomic E-state index is 0.446. The first kappa shape index (κ1) is 14.7. The molecule has 1 fully saturated rings. The molecule has 1 heterocycles. The fourth-order valence-corrected chi connectivity index (χ4v) is 3.94. The number of para-hydroxylation sites is 1. The maximum Gasteiger partial charge on any atom is 0.0503 e. The Balaban J connectivity index is 2.02. The summed E-state index contributed by atoms with van der Waals surface area (Å²) >= 11 is 2.07. The Labute approximate surface area is 121 Å². The summed E-state index contributed by atoms with van der Waals surface area (Å²) < 4.78 is 5.19. The van der Waals surface area contributed by atoms with Gasteiger partial charge in [-0.05, 0) is 35.6 Å². The summed E-state index contributed by atoms with van der Waals surface area (Å²) in [5, 5.41) is 3.74. The van der Waals surface area contributed by atoms with Crippen molar-refractivity contribution < 1.29 is 4.74 Å². The number of ether oxygens (including phenoxy) is 1. The lowest BCUT2D eigenvalue weighted by atomic mass is 9.87. The first-order valence-corrected chi connectivity index (χ1v) is 8.17. The van der Waals surface area contributed by atoms with E-state index in [1.165, 1.54) is 29.2 Å². The summed E-state index contributed by atoms with van der Waals surface area (Å²) in [6.07, 6.45) is 2.22. The van der Waals surface area contributed by atoms with Crippen LogP contribution in [0.1, 0.15) is 25.8 Å². The summed E-state index contributed by atoms with van der Waals surface area (Å²) in [5.74, 6) is 2.48. The van der Waals surface area contributed by atoms with E-state index >= 15 is 0 Å². The normalized spacial score (nSPS) is 22.2. The zero-order chi connectivity index (χ0) is 13.7. The van der Waals surface area contributed by atoms with Crippen molar-refractivity contribution >= 4 is 17.4 Å². The maximum atomic E-state index is 5.19. The summed E-state index contributed by atoms with van der Waals surface area (Å²) in [4.78, 5) is 0. The third-order valence-electron chi connectivity index (χ3n) is 3.56. The van der Waals surface area contributed by atoms with Gasteiger partial charge in [0.1, 0.15) is 0 Å². The zero-order valence-corrected chi connectivity index (χ0v) is 13.1. The number of nitrogens with one attached hydrogen (secondary N) is 1. The van der Waals surface area contributed by atoms with Crippen LogP contribution in [0.4, 0.5) is 5.69 Å². The van der Waals surface area contributed by atoms with Crippen molar-refractivity contribution in [1.82, 2.24) is 0 Å². The van der Waals surface area contributed by atoms with Gasteiger partial charge in [0.15, 0.2) is 0 Å². The van der Waals surface area contributed by atoms with Crippen LogP contribution in [0.2, 0.25) is 0 Å². The quantitative estimate of drug-likeness (QED) is 0.885. The zero-order valence-electron chi connectivity index (χ0n) is 12.2. The van der Waals surface area contributed by atoms with Crippen molar-refractivity contribution in [2.45, 2.75) is 32.7 Å². The van der Waals surface area contributed by atoms with Gasteiger partial charge in [0, 0.05) is 24.6 Å². The minimum atomic E-state index is 0.446. The molecule has 0 aromatic heterocycles. The Morgan fingerprint density at radius 1 is 1.37 bits per heavy atom. The van der Waals surface area contributed by atoms with Crippen LogP contribution in [-0.4, -0.2) is 31.3 Å². The minimum Gasteiger partial charge on any atom is -0.384 e. The van der Waals surface area contributed by atoms with Gasteiger partial charge in [0.25, 0.3) is 0 Å². The predicted molar refractivity (Wildman–Crippen MR) is 85.2 cm³/mol. The van der Waals surface area contributed by atoms with Crippen molar-refractivity contribution in [2.75, 3.05) is 30.5 Å². The highest BCUT2D eigenvalue weighted by atomic mass is 32.2. The molecule has 0 amide bonds. The lowest BCUT2D eigenvalue weighted by molar-refractivity contribution is 0.202. The SMILES string of the molecule is COCCc1ccccc1NC1CSCC(C)(C)C1. The van der Waals surface area contributed by atoms with E-state index < -0.39 is 0 Å². The van der Waals surface area contributed by atoms with E-state index in [0.29, 0.717) is 11.5 Å². The molecule has 1 unspecified atom stereocenters. The summed E-state index contributed by atoms with van der Waals surface area (Å²) in [6.45, 7) is 5.51. The van der Waals surface area contributed by atoms with Crippen LogP contribution in [0, 0.1) is 5.41 Å². The molecule has 1 aromatic rings. The molecule has 1 N–H and O–H groups in total. The summed E-state index contributed by atoms with van der Waals surface area (Å²) in [6, 6.07) is 9.19. The molecule has 1 aliphatic heterocycles. The second-order valence-corrected chi connectivity index (χ2v) is 7.15. The second-order valence-electron chi connectivity index (χ2n) is 6.12. The third-order valence-corrected chi connectivity index (χ3v) is 5.19. The molecular formula is C16H25NOS. The lowest BCUT2D eigenvalue weighted by Crippen LogP contribution is -2.35. The summed E-state index contributed by atoms with van der Waals surface area (Å²) in [7, 11) is 1.76. The molecule has 2 nitrogen and oxygen atoms in total. The molecule has 0 bridgehead atoms. The molecule has 0 aliphatic carbocycles. The van der Waals surface area contributed by atoms with Gasteiger partial charge in [0.2, 0.25) is 0 Å². The van der Waals surface area contributed by atoms with Gasteiger partial charge in [0.05, 0.1) is 6.61 Å². The van der Waals surface area contributed by atoms with E-state index in [2.05, 4.69) is 55.2 Å². The van der Waals surface area contributed by atoms with Crippen LogP contribution in [0.25, 0.3) is 0 Å². The highest BCUT2D eigenvalue weighted by Crippen LogP contribution is 2.35. The number of hydrogen-bond acceptors (Lipinski definition) is 3. The average molecular weight is 279 g/mol. The van der Waals surface area contributed by atoms with Crippen LogP contribution in [0.3, 0.4) is 0 Å². The first-order chi connectivity index (χ1) is 9.11. The smallest absolute Gasteiger partial charge is 0.0503 e.